The van der Waals surface area contributed by atoms with E-state index in [1.54, 1.807) is 12.1 Å². The summed E-state index contributed by atoms with van der Waals surface area (Å²) in [6, 6.07) is 11.3. The SMILES string of the molecule is O=S(=O)(c1cccc(C(F)(F)F)c1)N1CCCN(c2nc(Cc3ccc(Cl)cc3)ns2)CC1. The summed E-state index contributed by atoms with van der Waals surface area (Å²) in [6.45, 7) is 1.30. The first kappa shape index (κ1) is 23.9. The first-order valence-electron chi connectivity index (χ1n) is 10.1. The number of alkyl halides is 3. The van der Waals surface area contributed by atoms with Crippen LogP contribution in [0.1, 0.15) is 23.4 Å². The Kier molecular flexibility index (Phi) is 6.94. The minimum Gasteiger partial charge on any atom is -0.345 e. The zero-order chi connectivity index (χ0) is 23.6. The molecule has 0 spiro atoms. The van der Waals surface area contributed by atoms with Crippen molar-refractivity contribution in [1.82, 2.24) is 13.7 Å². The number of sulfonamides is 1. The first-order valence-corrected chi connectivity index (χ1v) is 12.7. The Morgan fingerprint density at radius 1 is 1.03 bits per heavy atom. The lowest BCUT2D eigenvalue weighted by molar-refractivity contribution is -0.137. The van der Waals surface area contributed by atoms with Gasteiger partial charge in [0.25, 0.3) is 0 Å². The Bertz CT molecular complexity index is 1220. The lowest BCUT2D eigenvalue weighted by atomic mass is 10.1. The standard InChI is InChI=1S/C21H20ClF3N4O2S2/c22-17-7-5-15(6-8-17)13-19-26-20(32-27-19)28-9-2-10-29(12-11-28)33(30,31)18-4-1-3-16(14-18)21(23,24)25/h1,3-8,14H,2,9-13H2. The molecule has 0 amide bonds. The van der Waals surface area contributed by atoms with Gasteiger partial charge in [0.1, 0.15) is 5.82 Å². The lowest BCUT2D eigenvalue weighted by Crippen LogP contribution is -2.35. The number of hydrogen-bond donors (Lipinski definition) is 0. The van der Waals surface area contributed by atoms with E-state index < -0.39 is 21.8 Å². The van der Waals surface area contributed by atoms with Crippen LogP contribution in [0.3, 0.4) is 0 Å². The van der Waals surface area contributed by atoms with Crippen LogP contribution >= 0.6 is 23.1 Å². The third-order valence-corrected chi connectivity index (χ3v) is 8.22. The molecule has 0 aliphatic carbocycles. The van der Waals surface area contributed by atoms with Gasteiger partial charge < -0.3 is 4.90 Å². The van der Waals surface area contributed by atoms with E-state index in [9.17, 15) is 21.6 Å². The van der Waals surface area contributed by atoms with Gasteiger partial charge in [-0.3, -0.25) is 0 Å². The van der Waals surface area contributed by atoms with Crippen molar-refractivity contribution in [3.63, 3.8) is 0 Å². The fourth-order valence-electron chi connectivity index (χ4n) is 3.54. The van der Waals surface area contributed by atoms with Crippen molar-refractivity contribution >= 4 is 38.3 Å². The fraction of sp³-hybridized carbons (Fsp3) is 0.333. The molecule has 0 radical (unpaired) electrons. The van der Waals surface area contributed by atoms with E-state index in [2.05, 4.69) is 9.36 Å². The average molecular weight is 517 g/mol. The van der Waals surface area contributed by atoms with E-state index in [0.29, 0.717) is 48.0 Å². The average Bonchev–Trinajstić information content (AvgIpc) is 3.09. The Balaban J connectivity index is 1.44. The Morgan fingerprint density at radius 2 is 1.79 bits per heavy atom. The Hall–Kier alpha value is -2.21. The van der Waals surface area contributed by atoms with Crippen LogP contribution in [0.15, 0.2) is 53.4 Å². The molecule has 12 heteroatoms. The normalized spacial score (nSPS) is 16.1. The number of hydrogen-bond acceptors (Lipinski definition) is 6. The molecule has 2 heterocycles. The number of nitrogens with zero attached hydrogens (tertiary/aromatic N) is 4. The summed E-state index contributed by atoms with van der Waals surface area (Å²) in [7, 11) is -4.05. The quantitative estimate of drug-likeness (QED) is 0.491. The van der Waals surface area contributed by atoms with E-state index in [4.69, 9.17) is 11.6 Å². The summed E-state index contributed by atoms with van der Waals surface area (Å²) in [5.41, 5.74) is 0.0417. The maximum atomic E-state index is 13.0. The second-order valence-electron chi connectivity index (χ2n) is 7.57. The van der Waals surface area contributed by atoms with Gasteiger partial charge in [0.15, 0.2) is 0 Å². The van der Waals surface area contributed by atoms with Gasteiger partial charge in [0, 0.05) is 49.2 Å². The van der Waals surface area contributed by atoms with Gasteiger partial charge in [-0.2, -0.15) is 21.9 Å². The maximum absolute atomic E-state index is 13.0. The highest BCUT2D eigenvalue weighted by Gasteiger charge is 2.33. The summed E-state index contributed by atoms with van der Waals surface area (Å²) in [6.07, 6.45) is -3.54. The molecule has 0 unspecified atom stereocenters. The van der Waals surface area contributed by atoms with E-state index in [0.717, 1.165) is 17.7 Å². The maximum Gasteiger partial charge on any atom is 0.416 e. The van der Waals surface area contributed by atoms with Crippen molar-refractivity contribution in [1.29, 1.82) is 0 Å². The smallest absolute Gasteiger partial charge is 0.345 e. The monoisotopic (exact) mass is 516 g/mol. The summed E-state index contributed by atoms with van der Waals surface area (Å²) in [5.74, 6) is 0.662. The highest BCUT2D eigenvalue weighted by Crippen LogP contribution is 2.31. The Morgan fingerprint density at radius 3 is 2.52 bits per heavy atom. The molecule has 0 atom stereocenters. The van der Waals surface area contributed by atoms with Crippen molar-refractivity contribution < 1.29 is 21.6 Å². The van der Waals surface area contributed by atoms with Crippen LogP contribution in [0.2, 0.25) is 5.02 Å². The molecule has 1 saturated heterocycles. The van der Waals surface area contributed by atoms with Crippen LogP contribution in [0.5, 0.6) is 0 Å². The van der Waals surface area contributed by atoms with Gasteiger partial charge in [0.05, 0.1) is 10.5 Å². The van der Waals surface area contributed by atoms with Crippen molar-refractivity contribution in [3.05, 3.63) is 70.5 Å². The van der Waals surface area contributed by atoms with Gasteiger partial charge >= 0.3 is 6.18 Å². The predicted octanol–water partition coefficient (Wildman–Crippen LogP) is 4.70. The highest BCUT2D eigenvalue weighted by molar-refractivity contribution is 7.89. The molecule has 176 valence electrons. The van der Waals surface area contributed by atoms with Gasteiger partial charge in [0.2, 0.25) is 15.2 Å². The minimum absolute atomic E-state index is 0.144. The molecular formula is C21H20ClF3N4O2S2. The van der Waals surface area contributed by atoms with E-state index >= 15 is 0 Å². The third-order valence-electron chi connectivity index (χ3n) is 5.26. The number of anilines is 1. The zero-order valence-electron chi connectivity index (χ0n) is 17.3. The van der Waals surface area contributed by atoms with Crippen LogP contribution < -0.4 is 4.90 Å². The van der Waals surface area contributed by atoms with E-state index in [-0.39, 0.29) is 18.0 Å². The minimum atomic E-state index is -4.61. The molecule has 6 nitrogen and oxygen atoms in total. The van der Waals surface area contributed by atoms with Crippen molar-refractivity contribution in [3.8, 4) is 0 Å². The molecule has 33 heavy (non-hydrogen) atoms. The molecule has 4 rings (SSSR count). The summed E-state index contributed by atoms with van der Waals surface area (Å²) >= 11 is 7.16. The van der Waals surface area contributed by atoms with Crippen molar-refractivity contribution in [2.45, 2.75) is 23.9 Å². The molecule has 0 bridgehead atoms. The van der Waals surface area contributed by atoms with Gasteiger partial charge in [-0.05, 0) is 42.3 Å². The second-order valence-corrected chi connectivity index (χ2v) is 10.7. The lowest BCUT2D eigenvalue weighted by Gasteiger charge is -2.21. The van der Waals surface area contributed by atoms with Crippen LogP contribution in [0.25, 0.3) is 0 Å². The number of aromatic nitrogens is 2. The van der Waals surface area contributed by atoms with E-state index in [1.165, 1.54) is 21.9 Å². The molecule has 1 aliphatic rings. The zero-order valence-corrected chi connectivity index (χ0v) is 19.7. The molecule has 0 N–H and O–H groups in total. The van der Waals surface area contributed by atoms with Crippen molar-refractivity contribution in [2.24, 2.45) is 0 Å². The molecule has 2 aromatic carbocycles. The highest BCUT2D eigenvalue weighted by atomic mass is 35.5. The Labute approximate surface area is 198 Å². The van der Waals surface area contributed by atoms with Crippen LogP contribution in [-0.2, 0) is 22.6 Å². The number of halogens is 4. The summed E-state index contributed by atoms with van der Waals surface area (Å²) < 4.78 is 70.7. The predicted molar refractivity (Wildman–Crippen MR) is 121 cm³/mol. The largest absolute Gasteiger partial charge is 0.416 e. The third kappa shape index (κ3) is 5.65. The van der Waals surface area contributed by atoms with E-state index in [1.807, 2.05) is 17.0 Å². The topological polar surface area (TPSA) is 66.4 Å². The molecular weight excluding hydrogens is 497 g/mol. The van der Waals surface area contributed by atoms with Crippen LogP contribution in [0.4, 0.5) is 18.3 Å². The second kappa shape index (κ2) is 9.57. The fourth-order valence-corrected chi connectivity index (χ4v) is 5.92. The number of rotatable bonds is 5. The van der Waals surface area contributed by atoms with Crippen molar-refractivity contribution in [2.75, 3.05) is 31.1 Å². The van der Waals surface area contributed by atoms with Crippen LogP contribution in [-0.4, -0.2) is 48.3 Å². The molecule has 3 aromatic rings. The first-order chi connectivity index (χ1) is 15.6. The molecule has 1 aromatic heterocycles. The number of benzene rings is 2. The summed E-state index contributed by atoms with van der Waals surface area (Å²) in [5, 5.41) is 1.34. The molecule has 1 fully saturated rings. The van der Waals surface area contributed by atoms with Gasteiger partial charge in [-0.1, -0.05) is 29.8 Å². The van der Waals surface area contributed by atoms with Crippen LogP contribution in [0, 0.1) is 0 Å². The van der Waals surface area contributed by atoms with Gasteiger partial charge in [-0.25, -0.2) is 13.4 Å². The van der Waals surface area contributed by atoms with Gasteiger partial charge in [-0.15, -0.1) is 0 Å². The molecule has 0 saturated carbocycles. The summed E-state index contributed by atoms with van der Waals surface area (Å²) in [4.78, 5) is 6.19. The molecule has 1 aliphatic heterocycles.